The second-order valence-corrected chi connectivity index (χ2v) is 9.24. The average molecular weight is 481 g/mol. The lowest BCUT2D eigenvalue weighted by molar-refractivity contribution is 0.450. The lowest BCUT2D eigenvalue weighted by Gasteiger charge is -2.28. The number of aromatic amines is 1. The molecule has 8 heteroatoms. The highest BCUT2D eigenvalue weighted by molar-refractivity contribution is 5.83. The molecule has 1 aliphatic heterocycles. The summed E-state index contributed by atoms with van der Waals surface area (Å²) in [6.07, 6.45) is 7.28. The van der Waals surface area contributed by atoms with E-state index in [4.69, 9.17) is 11.1 Å². The zero-order chi connectivity index (χ0) is 24.7. The molecular weight excluding hydrogens is 448 g/mol. The molecule has 0 bridgehead atoms. The van der Waals surface area contributed by atoms with Crippen molar-refractivity contribution in [3.63, 3.8) is 0 Å². The molecule has 0 spiro atoms. The Morgan fingerprint density at radius 3 is 2.86 bits per heavy atom. The predicted molar refractivity (Wildman–Crippen MR) is 144 cm³/mol. The molecule has 184 valence electrons. The van der Waals surface area contributed by atoms with Crippen molar-refractivity contribution >= 4 is 23.2 Å². The lowest BCUT2D eigenvalue weighted by Crippen LogP contribution is -2.29. The van der Waals surface area contributed by atoms with Crippen LogP contribution < -0.4 is 16.4 Å². The van der Waals surface area contributed by atoms with Crippen molar-refractivity contribution in [2.75, 3.05) is 12.3 Å². The van der Waals surface area contributed by atoms with Crippen molar-refractivity contribution in [2.24, 2.45) is 0 Å². The van der Waals surface area contributed by atoms with Gasteiger partial charge in [-0.15, -0.1) is 5.10 Å². The zero-order valence-corrected chi connectivity index (χ0v) is 20.2. The molecule has 0 fully saturated rings. The molecule has 2 atom stereocenters. The van der Waals surface area contributed by atoms with Crippen LogP contribution in [-0.4, -0.2) is 33.2 Å². The van der Waals surface area contributed by atoms with Crippen LogP contribution in [0.15, 0.2) is 72.4 Å². The highest BCUT2D eigenvalue weighted by Gasteiger charge is 2.23. The number of hydrogen-bond acceptors (Lipinski definition) is 7. The van der Waals surface area contributed by atoms with Crippen LogP contribution in [0.2, 0.25) is 0 Å². The van der Waals surface area contributed by atoms with E-state index in [9.17, 15) is 0 Å². The Balaban J connectivity index is 1.38. The van der Waals surface area contributed by atoms with E-state index in [-0.39, 0.29) is 5.92 Å². The predicted octanol–water partition coefficient (Wildman–Crippen LogP) is 4.40. The summed E-state index contributed by atoms with van der Waals surface area (Å²) in [6, 6.07) is 21.2. The van der Waals surface area contributed by atoms with Crippen LogP contribution in [0, 0.1) is 5.41 Å². The highest BCUT2D eigenvalue weighted by Crippen LogP contribution is 2.35. The molecule has 6 N–H and O–H groups in total. The maximum absolute atomic E-state index is 8.24. The molecule has 0 saturated carbocycles. The van der Waals surface area contributed by atoms with Crippen LogP contribution in [0.1, 0.15) is 53.5 Å². The third-order valence-electron chi connectivity index (χ3n) is 6.91. The molecule has 5 rings (SSSR count). The first-order chi connectivity index (χ1) is 17.7. The Labute approximate surface area is 210 Å². The van der Waals surface area contributed by atoms with Crippen molar-refractivity contribution < 1.29 is 0 Å². The number of H-pyrrole nitrogens is 1. The van der Waals surface area contributed by atoms with E-state index in [1.807, 2.05) is 30.5 Å². The van der Waals surface area contributed by atoms with E-state index in [2.05, 4.69) is 67.4 Å². The fourth-order valence-electron chi connectivity index (χ4n) is 5.15. The molecule has 3 heterocycles. The Kier molecular flexibility index (Phi) is 7.33. The van der Waals surface area contributed by atoms with Crippen LogP contribution in [0.25, 0.3) is 11.2 Å². The number of hydrogen-bond donors (Lipinski definition) is 5. The van der Waals surface area contributed by atoms with Crippen molar-refractivity contribution in [2.45, 2.75) is 44.2 Å². The second-order valence-electron chi connectivity index (χ2n) is 9.24. The molecule has 8 nitrogen and oxygen atoms in total. The number of nitrogen functional groups attached to an aromatic ring is 1. The van der Waals surface area contributed by atoms with Gasteiger partial charge in [0, 0.05) is 30.9 Å². The van der Waals surface area contributed by atoms with E-state index in [1.54, 1.807) is 0 Å². The Morgan fingerprint density at radius 2 is 2.00 bits per heavy atom. The van der Waals surface area contributed by atoms with E-state index in [1.165, 1.54) is 22.9 Å². The lowest BCUT2D eigenvalue weighted by atomic mass is 9.85. The largest absolute Gasteiger partial charge is 0.387 e. The molecule has 0 radical (unpaired) electrons. The number of benzene rings is 2. The Bertz CT molecular complexity index is 1340. The van der Waals surface area contributed by atoms with E-state index < -0.39 is 0 Å². The first-order valence-electron chi connectivity index (χ1n) is 12.5. The number of pyridine rings is 1. The van der Waals surface area contributed by atoms with Crippen molar-refractivity contribution in [3.05, 3.63) is 94.7 Å². The normalized spacial score (nSPS) is 16.4. The maximum Gasteiger partial charge on any atom is 0.178 e. The molecule has 2 aromatic heterocycles. The summed E-state index contributed by atoms with van der Waals surface area (Å²) in [5, 5.41) is 26.4. The number of fused-ring (bicyclic) bond motifs is 2. The number of allylic oxidation sites excluding steroid dienone is 1. The van der Waals surface area contributed by atoms with Gasteiger partial charge in [-0.1, -0.05) is 66.2 Å². The van der Waals surface area contributed by atoms with Gasteiger partial charge in [-0.25, -0.2) is 10.1 Å². The SMILES string of the molecule is N=C/C(=C\NCc1ccccc1)C(CCCC1NCCc2ccccc21)c1cc(N)nc2[nH]nnc12. The molecule has 2 aromatic carbocycles. The number of aromatic nitrogens is 4. The van der Waals surface area contributed by atoms with Gasteiger partial charge in [-0.2, -0.15) is 0 Å². The van der Waals surface area contributed by atoms with E-state index in [0.29, 0.717) is 29.6 Å². The van der Waals surface area contributed by atoms with Crippen LogP contribution in [0.5, 0.6) is 0 Å². The Hall–Kier alpha value is -4.04. The molecule has 1 aliphatic rings. The minimum Gasteiger partial charge on any atom is -0.387 e. The van der Waals surface area contributed by atoms with Gasteiger partial charge in [-0.05, 0) is 59.7 Å². The van der Waals surface area contributed by atoms with Crippen molar-refractivity contribution in [1.82, 2.24) is 31.0 Å². The first-order valence-corrected chi connectivity index (χ1v) is 12.5. The molecule has 2 unspecified atom stereocenters. The van der Waals surface area contributed by atoms with Gasteiger partial charge in [0.1, 0.15) is 11.3 Å². The molecule has 4 aromatic rings. The number of nitrogens with two attached hydrogens (primary N) is 1. The van der Waals surface area contributed by atoms with Crippen LogP contribution in [-0.2, 0) is 13.0 Å². The minimum absolute atomic E-state index is 0.0671. The fourth-order valence-corrected chi connectivity index (χ4v) is 5.15. The summed E-state index contributed by atoms with van der Waals surface area (Å²) < 4.78 is 0. The summed E-state index contributed by atoms with van der Waals surface area (Å²) in [6.45, 7) is 1.69. The van der Waals surface area contributed by atoms with Gasteiger partial charge in [-0.3, -0.25) is 0 Å². The van der Waals surface area contributed by atoms with Gasteiger partial charge in [0.15, 0.2) is 5.65 Å². The molecule has 0 amide bonds. The number of anilines is 1. The third-order valence-corrected chi connectivity index (χ3v) is 6.91. The number of nitrogens with one attached hydrogen (secondary N) is 4. The van der Waals surface area contributed by atoms with Crippen LogP contribution in [0.4, 0.5) is 5.82 Å². The molecule has 36 heavy (non-hydrogen) atoms. The average Bonchev–Trinajstić information content (AvgIpc) is 3.38. The number of rotatable bonds is 10. The smallest absolute Gasteiger partial charge is 0.178 e. The molecular formula is C28H32N8. The van der Waals surface area contributed by atoms with Gasteiger partial charge in [0.05, 0.1) is 0 Å². The maximum atomic E-state index is 8.24. The van der Waals surface area contributed by atoms with Gasteiger partial charge >= 0.3 is 0 Å². The quantitative estimate of drug-likeness (QED) is 0.214. The highest BCUT2D eigenvalue weighted by atomic mass is 15.3. The van der Waals surface area contributed by atoms with Crippen LogP contribution >= 0.6 is 0 Å². The van der Waals surface area contributed by atoms with E-state index in [0.717, 1.165) is 43.4 Å². The van der Waals surface area contributed by atoms with Gasteiger partial charge in [0.25, 0.3) is 0 Å². The second kappa shape index (κ2) is 11.1. The third kappa shape index (κ3) is 5.28. The van der Waals surface area contributed by atoms with Crippen LogP contribution in [0.3, 0.4) is 0 Å². The monoisotopic (exact) mass is 480 g/mol. The van der Waals surface area contributed by atoms with Crippen molar-refractivity contribution in [3.8, 4) is 0 Å². The summed E-state index contributed by atoms with van der Waals surface area (Å²) in [7, 11) is 0. The van der Waals surface area contributed by atoms with Gasteiger partial charge in [0.2, 0.25) is 0 Å². The fraction of sp³-hybridized carbons (Fsp3) is 0.286. The number of nitrogens with zero attached hydrogens (tertiary/aromatic N) is 3. The molecule has 0 saturated heterocycles. The zero-order valence-electron chi connectivity index (χ0n) is 20.2. The summed E-state index contributed by atoms with van der Waals surface area (Å²) >= 11 is 0. The topological polar surface area (TPSA) is 128 Å². The Morgan fingerprint density at radius 1 is 1.17 bits per heavy atom. The van der Waals surface area contributed by atoms with Crippen molar-refractivity contribution in [1.29, 1.82) is 5.41 Å². The summed E-state index contributed by atoms with van der Waals surface area (Å²) in [5.41, 5.74) is 13.3. The summed E-state index contributed by atoms with van der Waals surface area (Å²) in [4.78, 5) is 4.34. The van der Waals surface area contributed by atoms with E-state index >= 15 is 0 Å². The molecule has 0 aliphatic carbocycles. The standard InChI is InChI=1S/C28H32N8/c29-16-21(18-31-17-19-7-2-1-3-8-19)22(24-15-26(30)33-28-27(24)34-36-35-28)11-6-12-25-23-10-5-4-9-20(23)13-14-32-25/h1-5,7-10,15-16,18,22,25,29,31-32H,6,11-14,17H2,(H3,30,33,34,35,36)/b21-18+,29-16?. The summed E-state index contributed by atoms with van der Waals surface area (Å²) in [5.74, 6) is 0.348. The first kappa shape index (κ1) is 23.7. The van der Waals surface area contributed by atoms with Gasteiger partial charge < -0.3 is 21.8 Å². The minimum atomic E-state index is -0.0671.